The molecule has 1 fully saturated rings. The minimum atomic E-state index is -1.11. The Bertz CT molecular complexity index is 263. The molecular weight excluding hydrogens is 204 g/mol. The number of methoxy groups -OCH3 is 1. The van der Waals surface area contributed by atoms with Gasteiger partial charge in [-0.25, -0.2) is 0 Å². The van der Waals surface area contributed by atoms with Gasteiger partial charge in [-0.05, 0) is 0 Å². The van der Waals surface area contributed by atoms with Crippen LogP contribution in [0, 0.1) is 11.8 Å². The fraction of sp³-hybridized carbons (Fsp3) is 0.778. The number of aliphatic hydroxyl groups excluding tert-OH is 2. The molecule has 4 unspecified atom stereocenters. The molecule has 0 spiro atoms. The van der Waals surface area contributed by atoms with Gasteiger partial charge >= 0.3 is 11.9 Å². The van der Waals surface area contributed by atoms with Crippen LogP contribution in [0.3, 0.4) is 0 Å². The van der Waals surface area contributed by atoms with E-state index >= 15 is 0 Å². The van der Waals surface area contributed by atoms with E-state index in [2.05, 4.69) is 4.74 Å². The standard InChI is InChI=1S/C9H14O6/c1-15-9(14)8-4(2-7(12)13)5(10)3-6(8)11/h4-6,8,10-11H,2-3H2,1H3,(H,12,13). The number of carboxylic acids is 1. The SMILES string of the molecule is COC(=O)C1C(O)CC(O)C1CC(=O)O. The Morgan fingerprint density at radius 2 is 1.93 bits per heavy atom. The number of carbonyl (C=O) groups excluding carboxylic acids is 1. The molecule has 1 rings (SSSR count). The Morgan fingerprint density at radius 1 is 1.33 bits per heavy atom. The van der Waals surface area contributed by atoms with E-state index in [-0.39, 0.29) is 12.8 Å². The van der Waals surface area contributed by atoms with E-state index in [1.54, 1.807) is 0 Å². The Balaban J connectivity index is 2.79. The quantitative estimate of drug-likeness (QED) is 0.524. The number of aliphatic hydroxyl groups is 2. The van der Waals surface area contributed by atoms with Crippen LogP contribution in [0.5, 0.6) is 0 Å². The van der Waals surface area contributed by atoms with Crippen molar-refractivity contribution < 1.29 is 29.6 Å². The lowest BCUT2D eigenvalue weighted by molar-refractivity contribution is -0.151. The predicted molar refractivity (Wildman–Crippen MR) is 47.9 cm³/mol. The molecule has 0 heterocycles. The van der Waals surface area contributed by atoms with Crippen molar-refractivity contribution in [2.45, 2.75) is 25.0 Å². The summed E-state index contributed by atoms with van der Waals surface area (Å²) >= 11 is 0. The average molecular weight is 218 g/mol. The number of ether oxygens (including phenoxy) is 1. The van der Waals surface area contributed by atoms with Gasteiger partial charge in [-0.15, -0.1) is 0 Å². The van der Waals surface area contributed by atoms with E-state index < -0.39 is 36.0 Å². The second-order valence-electron chi connectivity index (χ2n) is 3.68. The van der Waals surface area contributed by atoms with E-state index in [0.717, 1.165) is 7.11 Å². The Hall–Kier alpha value is -1.14. The van der Waals surface area contributed by atoms with Crippen LogP contribution in [-0.4, -0.2) is 46.6 Å². The van der Waals surface area contributed by atoms with Crippen LogP contribution in [0.2, 0.25) is 0 Å². The van der Waals surface area contributed by atoms with Crippen LogP contribution >= 0.6 is 0 Å². The third-order valence-corrected chi connectivity index (χ3v) is 2.74. The highest BCUT2D eigenvalue weighted by Gasteiger charge is 2.47. The summed E-state index contributed by atoms with van der Waals surface area (Å²) < 4.78 is 4.46. The van der Waals surface area contributed by atoms with Gasteiger partial charge in [0, 0.05) is 12.3 Å². The first-order chi connectivity index (χ1) is 6.97. The first-order valence-corrected chi connectivity index (χ1v) is 4.63. The maximum atomic E-state index is 11.3. The van der Waals surface area contributed by atoms with E-state index in [4.69, 9.17) is 5.11 Å². The van der Waals surface area contributed by atoms with Gasteiger partial charge in [-0.1, -0.05) is 0 Å². The third kappa shape index (κ3) is 2.45. The summed E-state index contributed by atoms with van der Waals surface area (Å²) in [6.45, 7) is 0. The molecular formula is C9H14O6. The van der Waals surface area contributed by atoms with Gasteiger partial charge in [0.15, 0.2) is 0 Å². The van der Waals surface area contributed by atoms with Gasteiger partial charge in [0.05, 0.1) is 31.7 Å². The highest BCUT2D eigenvalue weighted by atomic mass is 16.5. The van der Waals surface area contributed by atoms with Gasteiger partial charge in [0.2, 0.25) is 0 Å². The number of esters is 1. The zero-order chi connectivity index (χ0) is 11.6. The molecule has 0 bridgehead atoms. The number of carbonyl (C=O) groups is 2. The van der Waals surface area contributed by atoms with Gasteiger partial charge in [-0.3, -0.25) is 9.59 Å². The number of carboxylic acid groups (broad SMARTS) is 1. The lowest BCUT2D eigenvalue weighted by atomic mass is 9.91. The number of hydrogen-bond donors (Lipinski definition) is 3. The summed E-state index contributed by atoms with van der Waals surface area (Å²) in [6, 6.07) is 0. The molecule has 0 aliphatic heterocycles. The number of hydrogen-bond acceptors (Lipinski definition) is 5. The monoisotopic (exact) mass is 218 g/mol. The normalized spacial score (nSPS) is 35.1. The van der Waals surface area contributed by atoms with Crippen molar-refractivity contribution in [2.75, 3.05) is 7.11 Å². The molecule has 0 amide bonds. The van der Waals surface area contributed by atoms with Crippen LogP contribution in [-0.2, 0) is 14.3 Å². The van der Waals surface area contributed by atoms with Gasteiger partial charge < -0.3 is 20.1 Å². The molecule has 1 saturated carbocycles. The first kappa shape index (κ1) is 11.9. The largest absolute Gasteiger partial charge is 0.481 e. The Labute approximate surface area is 86.5 Å². The lowest BCUT2D eigenvalue weighted by Gasteiger charge is -2.19. The van der Waals surface area contributed by atoms with Crippen LogP contribution in [0.25, 0.3) is 0 Å². The summed E-state index contributed by atoms with van der Waals surface area (Å²) in [5, 5.41) is 27.6. The lowest BCUT2D eigenvalue weighted by Crippen LogP contribution is -2.32. The summed E-state index contributed by atoms with van der Waals surface area (Å²) in [5.74, 6) is -3.50. The van der Waals surface area contributed by atoms with Crippen molar-refractivity contribution in [3.8, 4) is 0 Å². The van der Waals surface area contributed by atoms with Gasteiger partial charge in [0.25, 0.3) is 0 Å². The molecule has 0 saturated heterocycles. The molecule has 0 aromatic carbocycles. The molecule has 3 N–H and O–H groups in total. The molecule has 15 heavy (non-hydrogen) atoms. The molecule has 4 atom stereocenters. The second-order valence-corrected chi connectivity index (χ2v) is 3.68. The van der Waals surface area contributed by atoms with E-state index in [9.17, 15) is 19.8 Å². The van der Waals surface area contributed by atoms with Crippen molar-refractivity contribution in [1.82, 2.24) is 0 Å². The van der Waals surface area contributed by atoms with Crippen molar-refractivity contribution in [1.29, 1.82) is 0 Å². The van der Waals surface area contributed by atoms with Gasteiger partial charge in [0.1, 0.15) is 0 Å². The van der Waals surface area contributed by atoms with Gasteiger partial charge in [-0.2, -0.15) is 0 Å². The predicted octanol–water partition coefficient (Wildman–Crippen LogP) is -1.01. The number of aliphatic carboxylic acids is 1. The molecule has 1 aliphatic carbocycles. The smallest absolute Gasteiger partial charge is 0.311 e. The first-order valence-electron chi connectivity index (χ1n) is 4.63. The third-order valence-electron chi connectivity index (χ3n) is 2.74. The summed E-state index contributed by atoms with van der Waals surface area (Å²) in [4.78, 5) is 21.8. The molecule has 0 aromatic rings. The zero-order valence-corrected chi connectivity index (χ0v) is 8.29. The highest BCUT2D eigenvalue weighted by molar-refractivity contribution is 5.75. The second kappa shape index (κ2) is 4.59. The minimum Gasteiger partial charge on any atom is -0.481 e. The van der Waals surface area contributed by atoms with Crippen LogP contribution in [0.1, 0.15) is 12.8 Å². The maximum Gasteiger partial charge on any atom is 0.311 e. The molecule has 6 nitrogen and oxygen atoms in total. The fourth-order valence-electron chi connectivity index (χ4n) is 2.03. The molecule has 6 heteroatoms. The zero-order valence-electron chi connectivity index (χ0n) is 8.29. The van der Waals surface area contributed by atoms with Crippen LogP contribution < -0.4 is 0 Å². The molecule has 0 radical (unpaired) electrons. The van der Waals surface area contributed by atoms with Crippen molar-refractivity contribution in [3.05, 3.63) is 0 Å². The van der Waals surface area contributed by atoms with E-state index in [1.807, 2.05) is 0 Å². The van der Waals surface area contributed by atoms with Crippen molar-refractivity contribution in [2.24, 2.45) is 11.8 Å². The Kier molecular flexibility index (Phi) is 3.65. The summed E-state index contributed by atoms with van der Waals surface area (Å²) in [7, 11) is 1.16. The van der Waals surface area contributed by atoms with Crippen molar-refractivity contribution in [3.63, 3.8) is 0 Å². The van der Waals surface area contributed by atoms with Crippen molar-refractivity contribution >= 4 is 11.9 Å². The summed E-state index contributed by atoms with van der Waals surface area (Å²) in [6.07, 6.45) is -2.34. The molecule has 86 valence electrons. The topological polar surface area (TPSA) is 104 Å². The maximum absolute atomic E-state index is 11.3. The Morgan fingerprint density at radius 3 is 2.40 bits per heavy atom. The number of rotatable bonds is 3. The minimum absolute atomic E-state index is 0.0116. The summed E-state index contributed by atoms with van der Waals surface area (Å²) in [5.41, 5.74) is 0. The molecule has 0 aromatic heterocycles. The average Bonchev–Trinajstić information content (AvgIpc) is 2.40. The fourth-order valence-corrected chi connectivity index (χ4v) is 2.03. The van der Waals surface area contributed by atoms with E-state index in [1.165, 1.54) is 0 Å². The molecule has 1 aliphatic rings. The van der Waals surface area contributed by atoms with Crippen LogP contribution in [0.15, 0.2) is 0 Å². The van der Waals surface area contributed by atoms with E-state index in [0.29, 0.717) is 0 Å². The highest BCUT2D eigenvalue weighted by Crippen LogP contribution is 2.35. The van der Waals surface area contributed by atoms with Crippen LogP contribution in [0.4, 0.5) is 0 Å².